The molecule has 178 valence electrons. The minimum Gasteiger partial charge on any atom is -0.488 e. The second kappa shape index (κ2) is 8.66. The Morgan fingerprint density at radius 1 is 1.12 bits per heavy atom. The van der Waals surface area contributed by atoms with Gasteiger partial charge in [-0.1, -0.05) is 24.6 Å². The fraction of sp³-hybridized carbons (Fsp3) is 0.500. The van der Waals surface area contributed by atoms with Crippen molar-refractivity contribution in [2.24, 2.45) is 5.73 Å². The van der Waals surface area contributed by atoms with Gasteiger partial charge < -0.3 is 15.4 Å². The lowest BCUT2D eigenvalue weighted by Crippen LogP contribution is -2.44. The van der Waals surface area contributed by atoms with Crippen molar-refractivity contribution in [1.82, 2.24) is 9.62 Å². The molecular weight excluding hydrogens is 448 g/mol. The third kappa shape index (κ3) is 4.23. The Morgan fingerprint density at radius 2 is 1.88 bits per heavy atom. The van der Waals surface area contributed by atoms with E-state index in [1.54, 1.807) is 12.2 Å². The minimum atomic E-state index is -3.34. The molecule has 4 aliphatic carbocycles. The van der Waals surface area contributed by atoms with Crippen molar-refractivity contribution in [2.45, 2.75) is 68.7 Å². The molecule has 0 aromatic heterocycles. The number of nitrogens with two attached hydrogens (primary N) is 1. The van der Waals surface area contributed by atoms with Gasteiger partial charge in [0, 0.05) is 17.3 Å². The summed E-state index contributed by atoms with van der Waals surface area (Å²) in [4.78, 5) is 2.29. The standard InChI is InChI=1S/C24H29F2N3O3S/c25-22(26)14-32-18-11-12-20-21(13-18)29(17-3-1-4-17)24(23(20)27)15-7-9-16(10-8-15)28-33(30,31)19-5-2-6-19/h7,9-13,17,19,21-22,28H,1-6,8,14,27H2. The molecule has 3 N–H and O–H groups in total. The van der Waals surface area contributed by atoms with Crippen molar-refractivity contribution in [3.8, 4) is 0 Å². The Labute approximate surface area is 193 Å². The Morgan fingerprint density at radius 3 is 2.45 bits per heavy atom. The summed E-state index contributed by atoms with van der Waals surface area (Å²) in [5.74, 6) is 0.430. The van der Waals surface area contributed by atoms with E-state index in [1.807, 2.05) is 24.3 Å². The van der Waals surface area contributed by atoms with E-state index in [4.69, 9.17) is 10.5 Å². The van der Waals surface area contributed by atoms with Crippen molar-refractivity contribution in [2.75, 3.05) is 6.61 Å². The van der Waals surface area contributed by atoms with Crippen molar-refractivity contribution in [3.63, 3.8) is 0 Å². The summed E-state index contributed by atoms with van der Waals surface area (Å²) in [7, 11) is -3.34. The number of nitrogens with one attached hydrogen (secondary N) is 1. The highest BCUT2D eigenvalue weighted by atomic mass is 32.2. The number of halogens is 2. The maximum Gasteiger partial charge on any atom is 0.272 e. The predicted octanol–water partition coefficient (Wildman–Crippen LogP) is 3.74. The van der Waals surface area contributed by atoms with Gasteiger partial charge in [0.05, 0.1) is 22.7 Å². The third-order valence-corrected chi connectivity index (χ3v) is 8.97. The van der Waals surface area contributed by atoms with E-state index in [1.165, 1.54) is 0 Å². The molecular formula is C24H29F2N3O3S. The average molecular weight is 478 g/mol. The summed E-state index contributed by atoms with van der Waals surface area (Å²) in [5, 5.41) is -0.293. The second-order valence-corrected chi connectivity index (χ2v) is 11.1. The maximum absolute atomic E-state index is 12.6. The third-order valence-electron chi connectivity index (χ3n) is 7.10. The van der Waals surface area contributed by atoms with E-state index in [2.05, 4.69) is 9.62 Å². The first-order chi connectivity index (χ1) is 15.8. The van der Waals surface area contributed by atoms with Gasteiger partial charge in [0.2, 0.25) is 10.0 Å². The summed E-state index contributed by atoms with van der Waals surface area (Å²) in [6.07, 6.45) is 14.7. The molecule has 33 heavy (non-hydrogen) atoms. The molecule has 1 aliphatic heterocycles. The molecule has 0 amide bonds. The van der Waals surface area contributed by atoms with E-state index in [9.17, 15) is 17.2 Å². The molecule has 5 aliphatic rings. The molecule has 0 spiro atoms. The van der Waals surface area contributed by atoms with E-state index in [0.717, 1.165) is 42.5 Å². The zero-order chi connectivity index (χ0) is 23.2. The first-order valence-electron chi connectivity index (χ1n) is 11.6. The zero-order valence-electron chi connectivity index (χ0n) is 18.3. The lowest BCUT2D eigenvalue weighted by Gasteiger charge is -2.42. The van der Waals surface area contributed by atoms with E-state index < -0.39 is 23.1 Å². The number of ether oxygens (including phenoxy) is 1. The summed E-state index contributed by atoms with van der Waals surface area (Å²) in [5.41, 5.74) is 10.8. The average Bonchev–Trinajstić information content (AvgIpc) is 2.96. The summed E-state index contributed by atoms with van der Waals surface area (Å²) >= 11 is 0. The molecule has 1 atom stereocenters. The van der Waals surface area contributed by atoms with Crippen LogP contribution in [0.3, 0.4) is 0 Å². The molecule has 1 unspecified atom stereocenters. The Kier molecular flexibility index (Phi) is 5.84. The van der Waals surface area contributed by atoms with Gasteiger partial charge in [0.25, 0.3) is 6.43 Å². The van der Waals surface area contributed by atoms with Crippen LogP contribution >= 0.6 is 0 Å². The fourth-order valence-corrected chi connectivity index (χ4v) is 6.46. The van der Waals surface area contributed by atoms with Crippen LogP contribution in [0.1, 0.15) is 44.9 Å². The SMILES string of the molecule is NC1=C2C=CC(OCC(F)F)=CC2N(C2CCC2)C1=C1C=CC(NS(=O)(=O)C2CCC2)=CC1. The van der Waals surface area contributed by atoms with Gasteiger partial charge in [-0.25, -0.2) is 17.2 Å². The van der Waals surface area contributed by atoms with Gasteiger partial charge in [-0.2, -0.15) is 0 Å². The number of allylic oxidation sites excluding steroid dienone is 5. The van der Waals surface area contributed by atoms with Gasteiger partial charge in [0.1, 0.15) is 12.4 Å². The van der Waals surface area contributed by atoms with Crippen LogP contribution in [0.25, 0.3) is 0 Å². The highest BCUT2D eigenvalue weighted by Gasteiger charge is 2.41. The van der Waals surface area contributed by atoms with Gasteiger partial charge >= 0.3 is 0 Å². The molecule has 0 aromatic carbocycles. The van der Waals surface area contributed by atoms with Crippen LogP contribution in [0.15, 0.2) is 70.5 Å². The van der Waals surface area contributed by atoms with Crippen molar-refractivity contribution in [3.05, 3.63) is 70.5 Å². The van der Waals surface area contributed by atoms with Crippen LogP contribution < -0.4 is 10.5 Å². The predicted molar refractivity (Wildman–Crippen MR) is 122 cm³/mol. The number of hydrogen-bond donors (Lipinski definition) is 2. The monoisotopic (exact) mass is 477 g/mol. The van der Waals surface area contributed by atoms with Gasteiger partial charge in [0.15, 0.2) is 0 Å². The summed E-state index contributed by atoms with van der Waals surface area (Å²) in [6.45, 7) is -0.637. The van der Waals surface area contributed by atoms with Crippen LogP contribution in [-0.4, -0.2) is 43.7 Å². The highest BCUT2D eigenvalue weighted by molar-refractivity contribution is 7.90. The van der Waals surface area contributed by atoms with Crippen LogP contribution in [-0.2, 0) is 14.8 Å². The Bertz CT molecular complexity index is 1110. The molecule has 1 heterocycles. The normalized spacial score (nSPS) is 27.8. The van der Waals surface area contributed by atoms with Crippen LogP contribution in [0.5, 0.6) is 0 Å². The van der Waals surface area contributed by atoms with Crippen LogP contribution in [0.4, 0.5) is 8.78 Å². The molecule has 2 fully saturated rings. The highest BCUT2D eigenvalue weighted by Crippen LogP contribution is 2.44. The largest absolute Gasteiger partial charge is 0.488 e. The van der Waals surface area contributed by atoms with Gasteiger partial charge in [-0.3, -0.25) is 4.72 Å². The number of sulfonamides is 1. The summed E-state index contributed by atoms with van der Waals surface area (Å²) < 4.78 is 58.1. The van der Waals surface area contributed by atoms with Crippen LogP contribution in [0, 0.1) is 0 Å². The first kappa shape index (κ1) is 22.3. The quantitative estimate of drug-likeness (QED) is 0.584. The molecule has 6 nitrogen and oxygen atoms in total. The van der Waals surface area contributed by atoms with E-state index in [-0.39, 0.29) is 11.3 Å². The molecule has 0 aromatic rings. The number of hydrogen-bond acceptors (Lipinski definition) is 5. The second-order valence-electron chi connectivity index (χ2n) is 9.18. The summed E-state index contributed by atoms with van der Waals surface area (Å²) in [6, 6.07) is 0.176. The van der Waals surface area contributed by atoms with Crippen molar-refractivity contribution >= 4 is 10.0 Å². The van der Waals surface area contributed by atoms with Gasteiger partial charge in [-0.05, 0) is 62.3 Å². The van der Waals surface area contributed by atoms with Crippen LogP contribution in [0.2, 0.25) is 0 Å². The van der Waals surface area contributed by atoms with E-state index >= 15 is 0 Å². The fourth-order valence-electron chi connectivity index (χ4n) is 4.86. The maximum atomic E-state index is 12.6. The molecule has 9 heteroatoms. The zero-order valence-corrected chi connectivity index (χ0v) is 19.2. The molecule has 2 saturated carbocycles. The molecule has 0 radical (unpaired) electrons. The first-order valence-corrected chi connectivity index (χ1v) is 13.1. The van der Waals surface area contributed by atoms with Crippen molar-refractivity contribution < 1.29 is 21.9 Å². The smallest absolute Gasteiger partial charge is 0.272 e. The molecule has 5 rings (SSSR count). The van der Waals surface area contributed by atoms with Crippen molar-refractivity contribution in [1.29, 1.82) is 0 Å². The Balaban J connectivity index is 1.40. The Hall–Kier alpha value is -2.55. The topological polar surface area (TPSA) is 84.7 Å². The lowest BCUT2D eigenvalue weighted by atomic mass is 9.89. The lowest BCUT2D eigenvalue weighted by molar-refractivity contribution is 0.0511. The minimum absolute atomic E-state index is 0.147. The van der Waals surface area contributed by atoms with Gasteiger partial charge in [-0.15, -0.1) is 0 Å². The number of rotatable bonds is 7. The molecule has 0 bridgehead atoms. The van der Waals surface area contributed by atoms with E-state index in [0.29, 0.717) is 42.5 Å². The number of alkyl halides is 2. The number of nitrogens with zero attached hydrogens (tertiary/aromatic N) is 1. The number of fused-ring (bicyclic) bond motifs is 1. The molecule has 0 saturated heterocycles.